The molecule has 21 heavy (non-hydrogen) atoms. The summed E-state index contributed by atoms with van der Waals surface area (Å²) in [7, 11) is -3.50. The van der Waals surface area contributed by atoms with Crippen LogP contribution in [0.25, 0.3) is 0 Å². The number of nitrogens with two attached hydrogens (primary N) is 1. The van der Waals surface area contributed by atoms with Crippen molar-refractivity contribution < 1.29 is 8.42 Å². The molecule has 0 amide bonds. The molecule has 0 bridgehead atoms. The summed E-state index contributed by atoms with van der Waals surface area (Å²) in [5.74, 6) is 0.747. The maximum Gasteiger partial charge on any atom is 0.242 e. The lowest BCUT2D eigenvalue weighted by Gasteiger charge is -2.04. The van der Waals surface area contributed by atoms with Crippen molar-refractivity contribution in [2.45, 2.75) is 37.8 Å². The number of H-pyrrole nitrogens is 1. The fourth-order valence-corrected chi connectivity index (χ4v) is 3.17. The second kappa shape index (κ2) is 6.83. The van der Waals surface area contributed by atoms with Crippen molar-refractivity contribution in [1.29, 1.82) is 0 Å². The minimum Gasteiger partial charge on any atom is -0.349 e. The number of nitrogens with zero attached hydrogens (tertiary/aromatic N) is 3. The second-order valence-corrected chi connectivity index (χ2v) is 6.36. The lowest BCUT2D eigenvalue weighted by atomic mass is 10.3. The number of hydrogen-bond donors (Lipinski definition) is 3. The van der Waals surface area contributed by atoms with Gasteiger partial charge in [0.1, 0.15) is 12.2 Å². The normalized spacial score (nSPS) is 11.9. The van der Waals surface area contributed by atoms with E-state index < -0.39 is 10.0 Å². The summed E-state index contributed by atoms with van der Waals surface area (Å²) in [4.78, 5) is 4.24. The Morgan fingerprint density at radius 3 is 2.86 bits per heavy atom. The predicted molar refractivity (Wildman–Crippen MR) is 77.9 cm³/mol. The van der Waals surface area contributed by atoms with Crippen LogP contribution in [0.2, 0.25) is 0 Å². The summed E-state index contributed by atoms with van der Waals surface area (Å²) >= 11 is 0. The zero-order valence-corrected chi connectivity index (χ0v) is 12.7. The van der Waals surface area contributed by atoms with Crippen molar-refractivity contribution in [2.75, 3.05) is 6.54 Å². The highest BCUT2D eigenvalue weighted by molar-refractivity contribution is 7.89. The fourth-order valence-electron chi connectivity index (χ4n) is 2.04. The van der Waals surface area contributed by atoms with Gasteiger partial charge in [0.05, 0.1) is 4.90 Å². The Morgan fingerprint density at radius 1 is 1.48 bits per heavy atom. The molecule has 8 nitrogen and oxygen atoms in total. The van der Waals surface area contributed by atoms with Gasteiger partial charge in [0.15, 0.2) is 0 Å². The molecule has 2 rings (SSSR count). The number of nitrogens with one attached hydrogen (secondary N) is 2. The van der Waals surface area contributed by atoms with Crippen LogP contribution in [0.1, 0.15) is 24.9 Å². The highest BCUT2D eigenvalue weighted by Crippen LogP contribution is 2.14. The Morgan fingerprint density at radius 2 is 2.29 bits per heavy atom. The van der Waals surface area contributed by atoms with E-state index in [0.717, 1.165) is 11.5 Å². The third-order valence-corrected chi connectivity index (χ3v) is 4.60. The number of rotatable bonds is 8. The van der Waals surface area contributed by atoms with Crippen LogP contribution in [-0.4, -0.2) is 34.7 Å². The molecule has 0 aromatic carbocycles. The van der Waals surface area contributed by atoms with Crippen molar-refractivity contribution in [3.8, 4) is 0 Å². The fraction of sp³-hybridized carbons (Fsp3) is 0.500. The van der Waals surface area contributed by atoms with Crippen LogP contribution in [0.15, 0.2) is 23.5 Å². The Labute approximate surface area is 123 Å². The topological polar surface area (TPSA) is 119 Å². The first-order valence-electron chi connectivity index (χ1n) is 6.80. The summed E-state index contributed by atoms with van der Waals surface area (Å²) in [6, 6.07) is 1.61. The number of aromatic nitrogens is 4. The Hall–Kier alpha value is -1.71. The van der Waals surface area contributed by atoms with Gasteiger partial charge in [-0.25, -0.2) is 18.1 Å². The standard InChI is InChI=1S/C12H20N6O2S/c1-2-18-8-11(6-10(18)7-13)21(19,20)16-5-3-4-12-14-9-15-17-12/h6,8-9,16H,2-5,7,13H2,1H3,(H,14,15,17). The summed E-state index contributed by atoms with van der Waals surface area (Å²) in [6.07, 6.45) is 4.33. The van der Waals surface area contributed by atoms with Crippen LogP contribution in [-0.2, 0) is 29.5 Å². The van der Waals surface area contributed by atoms with Crippen molar-refractivity contribution in [3.63, 3.8) is 0 Å². The van der Waals surface area contributed by atoms with Crippen molar-refractivity contribution in [3.05, 3.63) is 30.1 Å². The van der Waals surface area contributed by atoms with E-state index in [-0.39, 0.29) is 4.90 Å². The van der Waals surface area contributed by atoms with Crippen molar-refractivity contribution in [1.82, 2.24) is 24.5 Å². The molecule has 0 aliphatic heterocycles. The highest BCUT2D eigenvalue weighted by Gasteiger charge is 2.17. The molecule has 0 aliphatic carbocycles. The Balaban J connectivity index is 1.93. The van der Waals surface area contributed by atoms with E-state index >= 15 is 0 Å². The van der Waals surface area contributed by atoms with Gasteiger partial charge >= 0.3 is 0 Å². The molecule has 0 fully saturated rings. The molecule has 0 saturated carbocycles. The van der Waals surface area contributed by atoms with Gasteiger partial charge in [0, 0.05) is 37.9 Å². The second-order valence-electron chi connectivity index (χ2n) is 4.59. The molecule has 0 spiro atoms. The summed E-state index contributed by atoms with van der Waals surface area (Å²) in [6.45, 7) is 3.29. The predicted octanol–water partition coefficient (Wildman–Crippen LogP) is -0.00410. The van der Waals surface area contributed by atoms with Crippen LogP contribution in [0, 0.1) is 0 Å². The number of sulfonamides is 1. The van der Waals surface area contributed by atoms with Gasteiger partial charge in [-0.2, -0.15) is 5.10 Å². The Kier molecular flexibility index (Phi) is 5.10. The number of aromatic amines is 1. The minimum absolute atomic E-state index is 0.254. The molecule has 0 radical (unpaired) electrons. The SMILES string of the molecule is CCn1cc(S(=O)(=O)NCCCc2ncn[nH]2)cc1CN. The summed E-state index contributed by atoms with van der Waals surface area (Å²) in [5, 5.41) is 6.48. The molecule has 2 aromatic rings. The van der Waals surface area contributed by atoms with Gasteiger partial charge in [-0.1, -0.05) is 0 Å². The highest BCUT2D eigenvalue weighted by atomic mass is 32.2. The summed E-state index contributed by atoms with van der Waals surface area (Å²) in [5.41, 5.74) is 6.41. The molecule has 9 heteroatoms. The molecule has 2 heterocycles. The van der Waals surface area contributed by atoms with E-state index in [2.05, 4.69) is 19.9 Å². The van der Waals surface area contributed by atoms with E-state index in [1.165, 1.54) is 6.33 Å². The molecular formula is C12H20N6O2S. The minimum atomic E-state index is -3.50. The third-order valence-electron chi connectivity index (χ3n) is 3.17. The number of hydrogen-bond acceptors (Lipinski definition) is 5. The average molecular weight is 312 g/mol. The average Bonchev–Trinajstić information content (AvgIpc) is 3.12. The van der Waals surface area contributed by atoms with Crippen molar-refractivity contribution in [2.24, 2.45) is 5.73 Å². The van der Waals surface area contributed by atoms with Crippen LogP contribution < -0.4 is 10.5 Å². The van der Waals surface area contributed by atoms with Gasteiger partial charge in [-0.3, -0.25) is 5.10 Å². The quantitative estimate of drug-likeness (QED) is 0.593. The van der Waals surface area contributed by atoms with E-state index in [1.807, 2.05) is 11.5 Å². The lowest BCUT2D eigenvalue weighted by Crippen LogP contribution is -2.25. The van der Waals surface area contributed by atoms with Gasteiger partial charge < -0.3 is 10.3 Å². The molecule has 0 atom stereocenters. The monoisotopic (exact) mass is 312 g/mol. The lowest BCUT2D eigenvalue weighted by molar-refractivity contribution is 0.578. The first-order chi connectivity index (χ1) is 10.1. The van der Waals surface area contributed by atoms with Crippen LogP contribution in [0.3, 0.4) is 0 Å². The third kappa shape index (κ3) is 3.90. The van der Waals surface area contributed by atoms with E-state index in [1.54, 1.807) is 12.3 Å². The van der Waals surface area contributed by atoms with Crippen LogP contribution in [0.5, 0.6) is 0 Å². The first-order valence-corrected chi connectivity index (χ1v) is 8.28. The molecule has 2 aromatic heterocycles. The smallest absolute Gasteiger partial charge is 0.242 e. The van der Waals surface area contributed by atoms with Gasteiger partial charge in [-0.05, 0) is 19.4 Å². The molecular weight excluding hydrogens is 292 g/mol. The Bertz CT molecular complexity index is 640. The largest absolute Gasteiger partial charge is 0.349 e. The van der Waals surface area contributed by atoms with E-state index in [0.29, 0.717) is 32.5 Å². The molecule has 4 N–H and O–H groups in total. The van der Waals surface area contributed by atoms with Gasteiger partial charge in [0.25, 0.3) is 0 Å². The molecule has 0 aliphatic rings. The van der Waals surface area contributed by atoms with Gasteiger partial charge in [0.2, 0.25) is 10.0 Å². The van der Waals surface area contributed by atoms with E-state index in [4.69, 9.17) is 5.73 Å². The molecule has 0 saturated heterocycles. The molecule has 116 valence electrons. The van der Waals surface area contributed by atoms with E-state index in [9.17, 15) is 8.42 Å². The zero-order valence-electron chi connectivity index (χ0n) is 11.9. The van der Waals surface area contributed by atoms with Crippen molar-refractivity contribution >= 4 is 10.0 Å². The zero-order chi connectivity index (χ0) is 15.3. The van der Waals surface area contributed by atoms with Crippen LogP contribution >= 0.6 is 0 Å². The first kappa shape index (κ1) is 15.7. The maximum atomic E-state index is 12.2. The molecule has 0 unspecified atom stereocenters. The number of aryl methyl sites for hydroxylation is 2. The summed E-state index contributed by atoms with van der Waals surface area (Å²) < 4.78 is 28.8. The maximum absolute atomic E-state index is 12.2. The van der Waals surface area contributed by atoms with Crippen LogP contribution in [0.4, 0.5) is 0 Å². The van der Waals surface area contributed by atoms with Gasteiger partial charge in [-0.15, -0.1) is 0 Å².